The van der Waals surface area contributed by atoms with Gasteiger partial charge in [-0.25, -0.2) is 13.1 Å². The number of benzene rings is 1. The SMILES string of the molecule is COCCOCCCNS(=O)(=O)c1ccc(CN)cc1C. The number of sulfonamides is 1. The molecular weight excluding hydrogens is 292 g/mol. The minimum atomic E-state index is -3.48. The van der Waals surface area contributed by atoms with E-state index >= 15 is 0 Å². The summed E-state index contributed by atoms with van der Waals surface area (Å²) in [7, 11) is -1.88. The number of hydrogen-bond donors (Lipinski definition) is 2. The molecule has 0 amide bonds. The first kappa shape index (κ1) is 18.1. The van der Waals surface area contributed by atoms with Gasteiger partial charge in [-0.1, -0.05) is 12.1 Å². The lowest BCUT2D eigenvalue weighted by atomic mass is 10.1. The first-order valence-corrected chi connectivity index (χ1v) is 8.35. The van der Waals surface area contributed by atoms with Gasteiger partial charge in [0.05, 0.1) is 18.1 Å². The van der Waals surface area contributed by atoms with E-state index in [-0.39, 0.29) is 0 Å². The zero-order chi connectivity index (χ0) is 15.7. The molecule has 0 atom stereocenters. The molecule has 0 spiro atoms. The molecular formula is C14H24N2O4S. The molecule has 6 nitrogen and oxygen atoms in total. The Morgan fingerprint density at radius 2 is 2.00 bits per heavy atom. The first-order chi connectivity index (χ1) is 10.0. The highest BCUT2D eigenvalue weighted by molar-refractivity contribution is 7.89. The molecule has 7 heteroatoms. The Morgan fingerprint density at radius 1 is 1.24 bits per heavy atom. The number of methoxy groups -OCH3 is 1. The molecule has 0 heterocycles. The summed E-state index contributed by atoms with van der Waals surface area (Å²) in [6, 6.07) is 5.12. The van der Waals surface area contributed by atoms with Crippen LogP contribution in [0.15, 0.2) is 23.1 Å². The highest BCUT2D eigenvalue weighted by Gasteiger charge is 2.16. The number of ether oxygens (including phenoxy) is 2. The molecule has 0 bridgehead atoms. The van der Waals surface area contributed by atoms with Crippen LogP contribution in [0.2, 0.25) is 0 Å². The van der Waals surface area contributed by atoms with Gasteiger partial charge in [0.25, 0.3) is 0 Å². The molecule has 1 rings (SSSR count). The van der Waals surface area contributed by atoms with Gasteiger partial charge in [-0.15, -0.1) is 0 Å². The number of nitrogens with one attached hydrogen (secondary N) is 1. The van der Waals surface area contributed by atoms with Crippen LogP contribution in [0.4, 0.5) is 0 Å². The standard InChI is InChI=1S/C14H24N2O4S/c1-12-10-13(11-15)4-5-14(12)21(17,18)16-6-3-7-20-9-8-19-2/h4-5,10,16H,3,6-9,11,15H2,1-2H3. The number of nitrogens with two attached hydrogens (primary N) is 1. The van der Waals surface area contributed by atoms with E-state index in [9.17, 15) is 8.42 Å². The van der Waals surface area contributed by atoms with Gasteiger partial charge >= 0.3 is 0 Å². The lowest BCUT2D eigenvalue weighted by Gasteiger charge is -2.10. The second-order valence-electron chi connectivity index (χ2n) is 4.66. The largest absolute Gasteiger partial charge is 0.382 e. The second kappa shape index (κ2) is 9.11. The maximum Gasteiger partial charge on any atom is 0.240 e. The van der Waals surface area contributed by atoms with Crippen LogP contribution in [0.25, 0.3) is 0 Å². The summed E-state index contributed by atoms with van der Waals surface area (Å²) < 4.78 is 37.1. The van der Waals surface area contributed by atoms with Crippen LogP contribution in [-0.2, 0) is 26.0 Å². The van der Waals surface area contributed by atoms with Crippen molar-refractivity contribution in [1.29, 1.82) is 0 Å². The number of hydrogen-bond acceptors (Lipinski definition) is 5. The van der Waals surface area contributed by atoms with Crippen molar-refractivity contribution in [1.82, 2.24) is 4.72 Å². The third kappa shape index (κ3) is 6.11. The average molecular weight is 316 g/mol. The summed E-state index contributed by atoms with van der Waals surface area (Å²) in [6.45, 7) is 4.06. The Hall–Kier alpha value is -0.990. The monoisotopic (exact) mass is 316 g/mol. The van der Waals surface area contributed by atoms with Crippen LogP contribution >= 0.6 is 0 Å². The third-order valence-electron chi connectivity index (χ3n) is 2.95. The highest BCUT2D eigenvalue weighted by Crippen LogP contribution is 2.16. The molecule has 21 heavy (non-hydrogen) atoms. The smallest absolute Gasteiger partial charge is 0.240 e. The van der Waals surface area contributed by atoms with E-state index < -0.39 is 10.0 Å². The molecule has 0 aliphatic rings. The van der Waals surface area contributed by atoms with Crippen LogP contribution in [0, 0.1) is 6.92 Å². The van der Waals surface area contributed by atoms with E-state index in [1.165, 1.54) is 0 Å². The molecule has 0 saturated carbocycles. The number of rotatable bonds is 10. The summed E-state index contributed by atoms with van der Waals surface area (Å²) in [5.41, 5.74) is 7.15. The van der Waals surface area contributed by atoms with Gasteiger partial charge in [0.15, 0.2) is 0 Å². The van der Waals surface area contributed by atoms with E-state index in [4.69, 9.17) is 15.2 Å². The number of aryl methyl sites for hydroxylation is 1. The van der Waals surface area contributed by atoms with Gasteiger partial charge in [-0.2, -0.15) is 0 Å². The Labute approximate surface area is 126 Å². The van der Waals surface area contributed by atoms with Crippen molar-refractivity contribution in [3.63, 3.8) is 0 Å². The molecule has 0 aliphatic heterocycles. The fourth-order valence-electron chi connectivity index (χ4n) is 1.84. The summed E-state index contributed by atoms with van der Waals surface area (Å²) in [5.74, 6) is 0. The van der Waals surface area contributed by atoms with Gasteiger partial charge < -0.3 is 15.2 Å². The molecule has 0 radical (unpaired) electrons. The van der Waals surface area contributed by atoms with Crippen molar-refractivity contribution in [2.75, 3.05) is 33.5 Å². The van der Waals surface area contributed by atoms with Gasteiger partial charge in [0.1, 0.15) is 0 Å². The average Bonchev–Trinajstić information content (AvgIpc) is 2.45. The predicted molar refractivity (Wildman–Crippen MR) is 81.6 cm³/mol. The maximum atomic E-state index is 12.2. The van der Waals surface area contributed by atoms with E-state index in [1.54, 1.807) is 32.2 Å². The van der Waals surface area contributed by atoms with E-state index in [2.05, 4.69) is 4.72 Å². The molecule has 1 aromatic carbocycles. The third-order valence-corrected chi connectivity index (χ3v) is 4.58. The van der Waals surface area contributed by atoms with Gasteiger partial charge in [0, 0.05) is 26.8 Å². The van der Waals surface area contributed by atoms with E-state index in [0.29, 0.717) is 49.8 Å². The summed E-state index contributed by atoms with van der Waals surface area (Å²) in [6.07, 6.45) is 0.614. The van der Waals surface area contributed by atoms with Crippen molar-refractivity contribution in [2.45, 2.75) is 24.8 Å². The fraction of sp³-hybridized carbons (Fsp3) is 0.571. The molecule has 1 aromatic rings. The lowest BCUT2D eigenvalue weighted by Crippen LogP contribution is -2.26. The molecule has 0 fully saturated rings. The van der Waals surface area contributed by atoms with Crippen molar-refractivity contribution in [2.24, 2.45) is 5.73 Å². The van der Waals surface area contributed by atoms with Crippen LogP contribution in [0.1, 0.15) is 17.5 Å². The van der Waals surface area contributed by atoms with Gasteiger partial charge in [-0.05, 0) is 30.5 Å². The van der Waals surface area contributed by atoms with Crippen molar-refractivity contribution in [3.05, 3.63) is 29.3 Å². The zero-order valence-corrected chi connectivity index (χ0v) is 13.4. The van der Waals surface area contributed by atoms with Crippen molar-refractivity contribution in [3.8, 4) is 0 Å². The molecule has 0 aliphatic carbocycles. The van der Waals surface area contributed by atoms with Crippen LogP contribution in [0.5, 0.6) is 0 Å². The molecule has 120 valence electrons. The van der Waals surface area contributed by atoms with Crippen LogP contribution in [-0.4, -0.2) is 41.9 Å². The predicted octanol–water partition coefficient (Wildman–Crippen LogP) is 0.785. The van der Waals surface area contributed by atoms with Gasteiger partial charge in [0.2, 0.25) is 10.0 Å². The lowest BCUT2D eigenvalue weighted by molar-refractivity contribution is 0.0699. The first-order valence-electron chi connectivity index (χ1n) is 6.87. The molecule has 0 unspecified atom stereocenters. The topological polar surface area (TPSA) is 90.6 Å². The van der Waals surface area contributed by atoms with E-state index in [0.717, 1.165) is 5.56 Å². The van der Waals surface area contributed by atoms with Crippen LogP contribution in [0.3, 0.4) is 0 Å². The maximum absolute atomic E-state index is 12.2. The van der Waals surface area contributed by atoms with Crippen molar-refractivity contribution >= 4 is 10.0 Å². The van der Waals surface area contributed by atoms with Gasteiger partial charge in [-0.3, -0.25) is 0 Å². The molecule has 3 N–H and O–H groups in total. The zero-order valence-electron chi connectivity index (χ0n) is 12.6. The van der Waals surface area contributed by atoms with Crippen LogP contribution < -0.4 is 10.5 Å². The Morgan fingerprint density at radius 3 is 2.62 bits per heavy atom. The Balaban J connectivity index is 2.46. The minimum Gasteiger partial charge on any atom is -0.382 e. The Kier molecular flexibility index (Phi) is 7.84. The molecule has 0 saturated heterocycles. The summed E-state index contributed by atoms with van der Waals surface area (Å²) in [5, 5.41) is 0. The summed E-state index contributed by atoms with van der Waals surface area (Å²) >= 11 is 0. The van der Waals surface area contributed by atoms with Crippen molar-refractivity contribution < 1.29 is 17.9 Å². The normalized spacial score (nSPS) is 11.8. The molecule has 0 aromatic heterocycles. The Bertz CT molecular complexity index is 532. The van der Waals surface area contributed by atoms with E-state index in [1.807, 2.05) is 0 Å². The second-order valence-corrected chi connectivity index (χ2v) is 6.40. The minimum absolute atomic E-state index is 0.292. The quantitative estimate of drug-likeness (QED) is 0.623. The highest BCUT2D eigenvalue weighted by atomic mass is 32.2. The fourth-order valence-corrected chi connectivity index (χ4v) is 3.14. The summed E-state index contributed by atoms with van der Waals surface area (Å²) in [4.78, 5) is 0.292.